The van der Waals surface area contributed by atoms with Crippen LogP contribution in [0.5, 0.6) is 0 Å². The van der Waals surface area contributed by atoms with E-state index in [4.69, 9.17) is 0 Å². The first kappa shape index (κ1) is 16.7. The van der Waals surface area contributed by atoms with Gasteiger partial charge in [-0.25, -0.2) is 4.79 Å². The Balaban J connectivity index is 1.98. The number of hydrogen-bond donors (Lipinski definition) is 2. The summed E-state index contributed by atoms with van der Waals surface area (Å²) in [5.74, 6) is 0. The second-order valence-corrected chi connectivity index (χ2v) is 7.04. The first-order valence-electron chi connectivity index (χ1n) is 6.22. The van der Waals surface area contributed by atoms with Crippen molar-refractivity contribution < 1.29 is 18.0 Å². The van der Waals surface area contributed by atoms with Gasteiger partial charge in [-0.3, -0.25) is 5.32 Å². The normalized spacial score (nSPS) is 13.0. The molecule has 120 valence electrons. The van der Waals surface area contributed by atoms with Gasteiger partial charge < -0.3 is 5.32 Å². The van der Waals surface area contributed by atoms with E-state index >= 15 is 0 Å². The summed E-state index contributed by atoms with van der Waals surface area (Å²) in [6.07, 6.45) is -4.56. The Bertz CT molecular complexity index is 680. The molecule has 0 aliphatic heterocycles. The van der Waals surface area contributed by atoms with Crippen molar-refractivity contribution in [3.8, 4) is 0 Å². The van der Waals surface area contributed by atoms with Gasteiger partial charge in [-0.1, -0.05) is 11.3 Å². The van der Waals surface area contributed by atoms with E-state index < -0.39 is 17.2 Å². The lowest BCUT2D eigenvalue weighted by Gasteiger charge is -2.13. The highest BCUT2D eigenvalue weighted by Crippen LogP contribution is 2.33. The second kappa shape index (κ2) is 6.21. The molecule has 1 atom stereocenters. The lowest BCUT2D eigenvalue weighted by Crippen LogP contribution is -2.31. The van der Waals surface area contributed by atoms with Gasteiger partial charge in [0.2, 0.25) is 10.1 Å². The van der Waals surface area contributed by atoms with Crippen LogP contribution in [0.4, 0.5) is 23.1 Å². The Morgan fingerprint density at radius 1 is 1.27 bits per heavy atom. The van der Waals surface area contributed by atoms with Gasteiger partial charge >= 0.3 is 12.2 Å². The zero-order valence-corrected chi connectivity index (χ0v) is 13.5. The van der Waals surface area contributed by atoms with E-state index in [2.05, 4.69) is 20.8 Å². The predicted octanol–water partition coefficient (Wildman–Crippen LogP) is 4.12. The van der Waals surface area contributed by atoms with Crippen molar-refractivity contribution in [1.29, 1.82) is 0 Å². The van der Waals surface area contributed by atoms with Gasteiger partial charge in [-0.15, -0.1) is 21.5 Å². The smallest absolute Gasteiger partial charge is 0.331 e. The molecule has 0 aliphatic carbocycles. The zero-order chi connectivity index (χ0) is 16.5. The maximum Gasteiger partial charge on any atom is 0.445 e. The Kier molecular flexibility index (Phi) is 4.71. The van der Waals surface area contributed by atoms with Crippen LogP contribution < -0.4 is 10.6 Å². The number of aryl methyl sites for hydroxylation is 2. The third-order valence-electron chi connectivity index (χ3n) is 2.78. The minimum absolute atomic E-state index is 0.199. The van der Waals surface area contributed by atoms with E-state index in [0.29, 0.717) is 0 Å². The lowest BCUT2D eigenvalue weighted by molar-refractivity contribution is -0.138. The number of alkyl halides is 3. The summed E-state index contributed by atoms with van der Waals surface area (Å²) in [4.78, 5) is 14.0. The molecule has 0 fully saturated rings. The van der Waals surface area contributed by atoms with E-state index in [0.717, 1.165) is 15.3 Å². The van der Waals surface area contributed by atoms with Gasteiger partial charge in [0, 0.05) is 9.75 Å². The molecule has 10 heteroatoms. The number of aromatic nitrogens is 2. The van der Waals surface area contributed by atoms with Gasteiger partial charge in [0.25, 0.3) is 0 Å². The number of hydrogen-bond acceptors (Lipinski definition) is 5. The van der Waals surface area contributed by atoms with Crippen LogP contribution in [0.1, 0.15) is 33.3 Å². The third kappa shape index (κ3) is 3.95. The Morgan fingerprint density at radius 3 is 2.45 bits per heavy atom. The van der Waals surface area contributed by atoms with Crippen LogP contribution in [0, 0.1) is 13.8 Å². The second-order valence-electron chi connectivity index (χ2n) is 4.60. The van der Waals surface area contributed by atoms with Crippen molar-refractivity contribution >= 4 is 33.8 Å². The molecule has 2 aromatic heterocycles. The first-order chi connectivity index (χ1) is 10.2. The first-order valence-corrected chi connectivity index (χ1v) is 7.85. The third-order valence-corrected chi connectivity index (χ3v) is 4.65. The maximum absolute atomic E-state index is 12.4. The van der Waals surface area contributed by atoms with Gasteiger partial charge in [-0.2, -0.15) is 13.2 Å². The van der Waals surface area contributed by atoms with Crippen molar-refractivity contribution in [3.63, 3.8) is 0 Å². The number of carbonyl (C=O) groups is 1. The van der Waals surface area contributed by atoms with Crippen LogP contribution >= 0.6 is 22.7 Å². The number of nitrogens with one attached hydrogen (secondary N) is 2. The van der Waals surface area contributed by atoms with Crippen molar-refractivity contribution in [1.82, 2.24) is 15.5 Å². The molecule has 0 aromatic carbocycles. The Morgan fingerprint density at radius 2 is 1.95 bits per heavy atom. The number of amides is 2. The van der Waals surface area contributed by atoms with E-state index in [9.17, 15) is 18.0 Å². The Hall–Kier alpha value is -1.68. The maximum atomic E-state index is 12.4. The summed E-state index contributed by atoms with van der Waals surface area (Å²) in [7, 11) is 0. The van der Waals surface area contributed by atoms with Crippen molar-refractivity contribution in [2.75, 3.05) is 5.32 Å². The molecule has 0 aliphatic rings. The minimum atomic E-state index is -4.56. The van der Waals surface area contributed by atoms with Crippen molar-refractivity contribution in [3.05, 3.63) is 26.4 Å². The molecule has 0 saturated carbocycles. The zero-order valence-electron chi connectivity index (χ0n) is 11.9. The molecule has 2 amide bonds. The molecule has 2 N–H and O–H groups in total. The van der Waals surface area contributed by atoms with Gasteiger partial charge in [0.05, 0.1) is 6.04 Å². The number of halogens is 3. The molecule has 2 aromatic rings. The standard InChI is InChI=1S/C12H13F3N4OS2/c1-5-4-8(7(3)21-5)6(2)16-10(20)17-11-19-18-9(22-11)12(13,14)15/h4,6H,1-3H3,(H2,16,17,19,20). The molecule has 1 unspecified atom stereocenters. The van der Waals surface area contributed by atoms with Crippen LogP contribution in [-0.2, 0) is 6.18 Å². The number of rotatable bonds is 3. The SMILES string of the molecule is Cc1cc(C(C)NC(=O)Nc2nnc(C(F)(F)F)s2)c(C)s1. The van der Waals surface area contributed by atoms with Crippen molar-refractivity contribution in [2.24, 2.45) is 0 Å². The average molecular weight is 350 g/mol. The fourth-order valence-electron chi connectivity index (χ4n) is 1.88. The molecular formula is C12H13F3N4OS2. The highest BCUT2D eigenvalue weighted by Gasteiger charge is 2.35. The number of nitrogens with zero attached hydrogens (tertiary/aromatic N) is 2. The van der Waals surface area contributed by atoms with Gasteiger partial charge in [0.15, 0.2) is 0 Å². The fourth-order valence-corrected chi connectivity index (χ4v) is 3.50. The van der Waals surface area contributed by atoms with Crippen LogP contribution in [0.25, 0.3) is 0 Å². The lowest BCUT2D eigenvalue weighted by atomic mass is 10.1. The molecule has 22 heavy (non-hydrogen) atoms. The molecule has 2 rings (SSSR count). The summed E-state index contributed by atoms with van der Waals surface area (Å²) in [6, 6.07) is 1.08. The van der Waals surface area contributed by atoms with Crippen LogP contribution in [0.3, 0.4) is 0 Å². The Labute approximate surface area is 132 Å². The number of urea groups is 1. The highest BCUT2D eigenvalue weighted by atomic mass is 32.1. The molecule has 5 nitrogen and oxygen atoms in total. The monoisotopic (exact) mass is 350 g/mol. The number of anilines is 1. The highest BCUT2D eigenvalue weighted by molar-refractivity contribution is 7.15. The summed E-state index contributed by atoms with van der Waals surface area (Å²) in [5, 5.41) is 9.93. The van der Waals surface area contributed by atoms with E-state index in [1.165, 1.54) is 0 Å². The topological polar surface area (TPSA) is 66.9 Å². The van der Waals surface area contributed by atoms with Crippen molar-refractivity contribution in [2.45, 2.75) is 33.0 Å². The van der Waals surface area contributed by atoms with E-state index in [1.807, 2.05) is 19.9 Å². The van der Waals surface area contributed by atoms with Gasteiger partial charge in [-0.05, 0) is 32.4 Å². The largest absolute Gasteiger partial charge is 0.445 e. The molecule has 0 spiro atoms. The minimum Gasteiger partial charge on any atom is -0.331 e. The molecule has 0 saturated heterocycles. The predicted molar refractivity (Wildman–Crippen MR) is 79.3 cm³/mol. The van der Waals surface area contributed by atoms with Gasteiger partial charge in [0.1, 0.15) is 0 Å². The molecule has 2 heterocycles. The van der Waals surface area contributed by atoms with E-state index in [-0.39, 0.29) is 22.5 Å². The van der Waals surface area contributed by atoms with Crippen LogP contribution in [0.15, 0.2) is 6.07 Å². The number of carbonyl (C=O) groups excluding carboxylic acids is 1. The molecular weight excluding hydrogens is 337 g/mol. The summed E-state index contributed by atoms with van der Waals surface area (Å²) in [5.41, 5.74) is 0.978. The van der Waals surface area contributed by atoms with E-state index in [1.54, 1.807) is 18.3 Å². The quantitative estimate of drug-likeness (QED) is 0.875. The molecule has 0 bridgehead atoms. The molecule has 0 radical (unpaired) electrons. The summed E-state index contributed by atoms with van der Waals surface area (Å²) < 4.78 is 37.2. The van der Waals surface area contributed by atoms with Crippen LogP contribution in [0.2, 0.25) is 0 Å². The summed E-state index contributed by atoms with van der Waals surface area (Å²) >= 11 is 1.90. The average Bonchev–Trinajstić information content (AvgIpc) is 2.95. The summed E-state index contributed by atoms with van der Waals surface area (Å²) in [6.45, 7) is 5.71. The number of thiophene rings is 1. The van der Waals surface area contributed by atoms with Crippen LogP contribution in [-0.4, -0.2) is 16.2 Å². The fraction of sp³-hybridized carbons (Fsp3) is 0.417.